The minimum absolute atomic E-state index is 0.232. The first-order valence-electron chi connectivity index (χ1n) is 6.12. The van der Waals surface area contributed by atoms with Gasteiger partial charge in [0.05, 0.1) is 13.2 Å². The van der Waals surface area contributed by atoms with E-state index in [-0.39, 0.29) is 11.2 Å². The zero-order valence-corrected chi connectivity index (χ0v) is 9.55. The van der Waals surface area contributed by atoms with Crippen molar-refractivity contribution in [3.05, 3.63) is 0 Å². The van der Waals surface area contributed by atoms with Gasteiger partial charge in [0.15, 0.2) is 5.79 Å². The highest BCUT2D eigenvalue weighted by molar-refractivity contribution is 5.11. The monoisotopic (exact) mass is 211 g/mol. The molecule has 0 aromatic heterocycles. The number of hydrogen-bond acceptors (Lipinski definition) is 3. The van der Waals surface area contributed by atoms with Crippen molar-refractivity contribution in [3.63, 3.8) is 0 Å². The molecule has 1 saturated heterocycles. The summed E-state index contributed by atoms with van der Waals surface area (Å²) in [5.74, 6) is -0.276. The second kappa shape index (κ2) is 2.96. The summed E-state index contributed by atoms with van der Waals surface area (Å²) >= 11 is 0. The van der Waals surface area contributed by atoms with Crippen molar-refractivity contribution in [1.29, 1.82) is 0 Å². The van der Waals surface area contributed by atoms with Crippen molar-refractivity contribution in [2.75, 3.05) is 19.8 Å². The molecule has 3 aliphatic rings. The minimum atomic E-state index is -0.276. The van der Waals surface area contributed by atoms with Crippen LogP contribution in [0.25, 0.3) is 0 Å². The Kier molecular flexibility index (Phi) is 1.99. The van der Waals surface area contributed by atoms with Crippen molar-refractivity contribution in [1.82, 2.24) is 0 Å². The van der Waals surface area contributed by atoms with Gasteiger partial charge in [0.2, 0.25) is 0 Å². The predicted molar refractivity (Wildman–Crippen MR) is 57.3 cm³/mol. The Balaban J connectivity index is 1.84. The molecular formula is C12H21NO2. The topological polar surface area (TPSA) is 44.5 Å². The summed E-state index contributed by atoms with van der Waals surface area (Å²) in [5.41, 5.74) is 6.75. The van der Waals surface area contributed by atoms with Crippen molar-refractivity contribution in [2.45, 2.75) is 44.8 Å². The lowest BCUT2D eigenvalue weighted by Crippen LogP contribution is -2.50. The van der Waals surface area contributed by atoms with Gasteiger partial charge in [0.25, 0.3) is 0 Å². The first kappa shape index (κ1) is 10.1. The van der Waals surface area contributed by atoms with E-state index in [1.165, 1.54) is 19.3 Å². The fourth-order valence-corrected chi connectivity index (χ4v) is 3.64. The van der Waals surface area contributed by atoms with Crippen LogP contribution in [0.5, 0.6) is 0 Å². The van der Waals surface area contributed by atoms with E-state index in [4.69, 9.17) is 15.2 Å². The van der Waals surface area contributed by atoms with Gasteiger partial charge in [0.1, 0.15) is 0 Å². The number of ether oxygens (including phenoxy) is 2. The maximum Gasteiger partial charge on any atom is 0.169 e. The summed E-state index contributed by atoms with van der Waals surface area (Å²) in [7, 11) is 0. The van der Waals surface area contributed by atoms with E-state index in [1.54, 1.807) is 0 Å². The Bertz CT molecular complexity index is 269. The third kappa shape index (κ3) is 1.30. The highest BCUT2D eigenvalue weighted by Crippen LogP contribution is 2.67. The standard InChI is InChI=1S/C12H21NO2/c1-10(9-13)8-12(14-6-7-15-12)5-4-11(10)2-3-11/h2-9,13H2,1H3/t10-/m0/s1. The van der Waals surface area contributed by atoms with Crippen molar-refractivity contribution in [3.8, 4) is 0 Å². The van der Waals surface area contributed by atoms with Gasteiger partial charge >= 0.3 is 0 Å². The summed E-state index contributed by atoms with van der Waals surface area (Å²) in [5, 5.41) is 0. The molecule has 2 aliphatic carbocycles. The highest BCUT2D eigenvalue weighted by Gasteiger charge is 2.62. The molecule has 2 N–H and O–H groups in total. The van der Waals surface area contributed by atoms with Gasteiger partial charge in [-0.2, -0.15) is 0 Å². The normalized spacial score (nSPS) is 41.2. The zero-order chi connectivity index (χ0) is 10.6. The molecule has 3 rings (SSSR count). The highest BCUT2D eigenvalue weighted by atomic mass is 16.7. The summed E-state index contributed by atoms with van der Waals surface area (Å²) < 4.78 is 11.6. The molecule has 0 aromatic carbocycles. The van der Waals surface area contributed by atoms with Gasteiger partial charge in [-0.15, -0.1) is 0 Å². The van der Waals surface area contributed by atoms with Gasteiger partial charge in [0, 0.05) is 12.8 Å². The molecule has 3 nitrogen and oxygen atoms in total. The molecule has 0 bridgehead atoms. The lowest BCUT2D eigenvalue weighted by atomic mass is 9.62. The molecule has 0 radical (unpaired) electrons. The van der Waals surface area contributed by atoms with Crippen LogP contribution in [0.1, 0.15) is 39.0 Å². The largest absolute Gasteiger partial charge is 0.348 e. The molecule has 1 aliphatic heterocycles. The Morgan fingerprint density at radius 1 is 1.07 bits per heavy atom. The fraction of sp³-hybridized carbons (Fsp3) is 1.00. The second-order valence-corrected chi connectivity index (χ2v) is 5.83. The van der Waals surface area contributed by atoms with E-state index >= 15 is 0 Å². The Labute approximate surface area is 91.3 Å². The van der Waals surface area contributed by atoms with Crippen molar-refractivity contribution >= 4 is 0 Å². The summed E-state index contributed by atoms with van der Waals surface area (Å²) in [6.45, 7) is 4.61. The molecule has 1 atom stereocenters. The first-order chi connectivity index (χ1) is 7.14. The van der Waals surface area contributed by atoms with Crippen LogP contribution in [0.3, 0.4) is 0 Å². The lowest BCUT2D eigenvalue weighted by molar-refractivity contribution is -0.213. The number of rotatable bonds is 1. The molecule has 15 heavy (non-hydrogen) atoms. The Morgan fingerprint density at radius 3 is 2.20 bits per heavy atom. The molecule has 1 heterocycles. The molecule has 86 valence electrons. The van der Waals surface area contributed by atoms with Gasteiger partial charge in [-0.1, -0.05) is 6.92 Å². The van der Waals surface area contributed by atoms with Crippen LogP contribution in [-0.2, 0) is 9.47 Å². The second-order valence-electron chi connectivity index (χ2n) is 5.83. The van der Waals surface area contributed by atoms with Crippen molar-refractivity contribution < 1.29 is 9.47 Å². The molecule has 3 heteroatoms. The summed E-state index contributed by atoms with van der Waals surface area (Å²) in [6, 6.07) is 0. The average molecular weight is 211 g/mol. The van der Waals surface area contributed by atoms with Crippen LogP contribution in [0.2, 0.25) is 0 Å². The van der Waals surface area contributed by atoms with E-state index in [1.807, 2.05) is 0 Å². The van der Waals surface area contributed by atoms with Crippen molar-refractivity contribution in [2.24, 2.45) is 16.6 Å². The molecule has 0 unspecified atom stereocenters. The first-order valence-corrected chi connectivity index (χ1v) is 6.12. The predicted octanol–water partition coefficient (Wildman–Crippen LogP) is 1.66. The van der Waals surface area contributed by atoms with Gasteiger partial charge in [-0.3, -0.25) is 0 Å². The van der Waals surface area contributed by atoms with Crippen LogP contribution in [-0.4, -0.2) is 25.5 Å². The minimum Gasteiger partial charge on any atom is -0.348 e. The molecule has 2 saturated carbocycles. The summed E-state index contributed by atoms with van der Waals surface area (Å²) in [4.78, 5) is 0. The van der Waals surface area contributed by atoms with Crippen LogP contribution in [0.15, 0.2) is 0 Å². The molecular weight excluding hydrogens is 190 g/mol. The van der Waals surface area contributed by atoms with Crippen LogP contribution >= 0.6 is 0 Å². The van der Waals surface area contributed by atoms with Gasteiger partial charge in [-0.05, 0) is 36.6 Å². The van der Waals surface area contributed by atoms with E-state index < -0.39 is 0 Å². The Morgan fingerprint density at radius 2 is 1.67 bits per heavy atom. The van der Waals surface area contributed by atoms with Crippen LogP contribution in [0, 0.1) is 10.8 Å². The molecule has 2 spiro atoms. The summed E-state index contributed by atoms with van der Waals surface area (Å²) in [6.07, 6.45) is 6.02. The lowest BCUT2D eigenvalue weighted by Gasteiger charge is -2.48. The average Bonchev–Trinajstić information content (AvgIpc) is 2.91. The van der Waals surface area contributed by atoms with E-state index in [0.717, 1.165) is 32.6 Å². The fourth-order valence-electron chi connectivity index (χ4n) is 3.64. The van der Waals surface area contributed by atoms with E-state index in [9.17, 15) is 0 Å². The Hall–Kier alpha value is -0.120. The van der Waals surface area contributed by atoms with Crippen LogP contribution < -0.4 is 5.73 Å². The third-order valence-corrected chi connectivity index (χ3v) is 5.04. The molecule has 0 amide bonds. The maximum absolute atomic E-state index is 5.99. The third-order valence-electron chi connectivity index (χ3n) is 5.04. The zero-order valence-electron chi connectivity index (χ0n) is 9.55. The number of hydrogen-bond donors (Lipinski definition) is 1. The smallest absolute Gasteiger partial charge is 0.169 e. The van der Waals surface area contributed by atoms with Gasteiger partial charge in [-0.25, -0.2) is 0 Å². The number of nitrogens with two attached hydrogens (primary N) is 1. The van der Waals surface area contributed by atoms with Crippen LogP contribution in [0.4, 0.5) is 0 Å². The molecule has 0 aromatic rings. The van der Waals surface area contributed by atoms with E-state index in [0.29, 0.717) is 5.41 Å². The molecule has 3 fully saturated rings. The maximum atomic E-state index is 5.99. The quantitative estimate of drug-likeness (QED) is 0.717. The SMILES string of the molecule is C[C@@]1(CN)CC2(CCC13CC3)OCCO2. The van der Waals surface area contributed by atoms with E-state index in [2.05, 4.69) is 6.92 Å². The van der Waals surface area contributed by atoms with Gasteiger partial charge < -0.3 is 15.2 Å².